The second kappa shape index (κ2) is 9.99. The zero-order valence-corrected chi connectivity index (χ0v) is 15.7. The summed E-state index contributed by atoms with van der Waals surface area (Å²) in [5, 5.41) is 10.3. The molecular weight excluding hydrogens is 322 g/mol. The first-order chi connectivity index (χ1) is 11.5. The molecule has 2 aromatic rings. The maximum atomic E-state index is 10.3. The number of aliphatic hydroxyl groups is 1. The van der Waals surface area contributed by atoms with E-state index in [1.807, 2.05) is 23.5 Å². The highest BCUT2D eigenvalue weighted by Crippen LogP contribution is 2.18. The summed E-state index contributed by atoms with van der Waals surface area (Å²) in [5.74, 6) is 1.44. The van der Waals surface area contributed by atoms with Crippen molar-refractivity contribution in [2.24, 2.45) is 5.92 Å². The van der Waals surface area contributed by atoms with E-state index in [1.54, 1.807) is 6.26 Å². The Morgan fingerprint density at radius 3 is 2.75 bits per heavy atom. The Balaban J connectivity index is 1.78. The molecular formula is C19H29NO3S. The SMILES string of the molecule is Cc1ccc(CN(CCC(C)C)C[C@H](O)COCc2ccco2)s1. The monoisotopic (exact) mass is 351 g/mol. The van der Waals surface area contributed by atoms with E-state index < -0.39 is 6.10 Å². The van der Waals surface area contributed by atoms with Gasteiger partial charge >= 0.3 is 0 Å². The van der Waals surface area contributed by atoms with Gasteiger partial charge in [-0.3, -0.25) is 4.90 Å². The number of aryl methyl sites for hydroxylation is 1. The summed E-state index contributed by atoms with van der Waals surface area (Å²) in [4.78, 5) is 5.00. The first-order valence-corrected chi connectivity index (χ1v) is 9.40. The van der Waals surface area contributed by atoms with Gasteiger partial charge in [0.25, 0.3) is 0 Å². The number of rotatable bonds is 11. The van der Waals surface area contributed by atoms with Crippen LogP contribution in [0.1, 0.15) is 35.8 Å². The van der Waals surface area contributed by atoms with E-state index in [4.69, 9.17) is 9.15 Å². The van der Waals surface area contributed by atoms with Crippen molar-refractivity contribution in [3.05, 3.63) is 46.0 Å². The van der Waals surface area contributed by atoms with Gasteiger partial charge in [-0.05, 0) is 50.1 Å². The van der Waals surface area contributed by atoms with Crippen molar-refractivity contribution in [1.82, 2.24) is 4.90 Å². The molecule has 24 heavy (non-hydrogen) atoms. The number of aliphatic hydroxyl groups excluding tert-OH is 1. The number of furan rings is 1. The molecule has 2 rings (SSSR count). The summed E-state index contributed by atoms with van der Waals surface area (Å²) in [6.45, 7) is 9.82. The fraction of sp³-hybridized carbons (Fsp3) is 0.579. The third-order valence-electron chi connectivity index (χ3n) is 3.80. The Morgan fingerprint density at radius 2 is 2.12 bits per heavy atom. The zero-order chi connectivity index (χ0) is 17.4. The molecule has 134 valence electrons. The molecule has 0 amide bonds. The van der Waals surface area contributed by atoms with Crippen LogP contribution in [0.2, 0.25) is 0 Å². The average molecular weight is 352 g/mol. The Bertz CT molecular complexity index is 565. The molecule has 0 aliphatic carbocycles. The number of hydrogen-bond donors (Lipinski definition) is 1. The number of ether oxygens (including phenoxy) is 1. The van der Waals surface area contributed by atoms with Gasteiger partial charge in [0.1, 0.15) is 12.4 Å². The van der Waals surface area contributed by atoms with Crippen LogP contribution in [-0.2, 0) is 17.9 Å². The van der Waals surface area contributed by atoms with Crippen molar-refractivity contribution in [2.45, 2.75) is 46.4 Å². The Hall–Kier alpha value is -1.14. The van der Waals surface area contributed by atoms with Gasteiger partial charge in [-0.1, -0.05) is 13.8 Å². The van der Waals surface area contributed by atoms with Crippen molar-refractivity contribution >= 4 is 11.3 Å². The molecule has 0 radical (unpaired) electrons. The molecule has 1 atom stereocenters. The number of nitrogens with zero attached hydrogens (tertiary/aromatic N) is 1. The van der Waals surface area contributed by atoms with E-state index in [9.17, 15) is 5.11 Å². The molecule has 0 unspecified atom stereocenters. The van der Waals surface area contributed by atoms with Crippen molar-refractivity contribution in [3.8, 4) is 0 Å². The van der Waals surface area contributed by atoms with Crippen LogP contribution in [0.3, 0.4) is 0 Å². The molecule has 2 heterocycles. The lowest BCUT2D eigenvalue weighted by molar-refractivity contribution is 0.00340. The van der Waals surface area contributed by atoms with Crippen LogP contribution in [0.15, 0.2) is 34.9 Å². The highest BCUT2D eigenvalue weighted by atomic mass is 32.1. The van der Waals surface area contributed by atoms with Crippen LogP contribution in [0, 0.1) is 12.8 Å². The molecule has 0 fully saturated rings. The molecule has 4 nitrogen and oxygen atoms in total. The van der Waals surface area contributed by atoms with Gasteiger partial charge in [0.05, 0.1) is 19.0 Å². The van der Waals surface area contributed by atoms with Gasteiger partial charge in [0, 0.05) is 22.8 Å². The summed E-state index contributed by atoms with van der Waals surface area (Å²) in [6, 6.07) is 8.05. The van der Waals surface area contributed by atoms with Crippen LogP contribution >= 0.6 is 11.3 Å². The van der Waals surface area contributed by atoms with Crippen molar-refractivity contribution in [2.75, 3.05) is 19.7 Å². The largest absolute Gasteiger partial charge is 0.467 e. The van der Waals surface area contributed by atoms with Gasteiger partial charge < -0.3 is 14.3 Å². The second-order valence-electron chi connectivity index (χ2n) is 6.68. The minimum atomic E-state index is -0.492. The zero-order valence-electron chi connectivity index (χ0n) is 14.9. The van der Waals surface area contributed by atoms with E-state index in [2.05, 4.69) is 37.8 Å². The average Bonchev–Trinajstić information content (AvgIpc) is 3.16. The van der Waals surface area contributed by atoms with E-state index in [0.717, 1.165) is 25.3 Å². The van der Waals surface area contributed by atoms with Gasteiger partial charge in [-0.25, -0.2) is 0 Å². The third-order valence-corrected chi connectivity index (χ3v) is 4.79. The van der Waals surface area contributed by atoms with E-state index in [-0.39, 0.29) is 0 Å². The predicted octanol–water partition coefficient (Wildman–Crippen LogP) is 4.08. The van der Waals surface area contributed by atoms with Crippen LogP contribution in [0.5, 0.6) is 0 Å². The maximum Gasteiger partial charge on any atom is 0.129 e. The third kappa shape index (κ3) is 7.18. The predicted molar refractivity (Wildman–Crippen MR) is 98.2 cm³/mol. The number of thiophene rings is 1. The lowest BCUT2D eigenvalue weighted by Crippen LogP contribution is -2.35. The lowest BCUT2D eigenvalue weighted by atomic mass is 10.1. The highest BCUT2D eigenvalue weighted by Gasteiger charge is 2.14. The van der Waals surface area contributed by atoms with Crippen molar-refractivity contribution < 1.29 is 14.3 Å². The molecule has 2 aromatic heterocycles. The fourth-order valence-electron chi connectivity index (χ4n) is 2.51. The molecule has 0 spiro atoms. The molecule has 0 aliphatic rings. The molecule has 0 aromatic carbocycles. The molecule has 5 heteroatoms. The standard InChI is InChI=1S/C19H29NO3S/c1-15(2)8-9-20(12-19-7-6-16(3)24-19)11-17(21)13-22-14-18-5-4-10-23-18/h4-7,10,15,17,21H,8-9,11-14H2,1-3H3/t17-/m0/s1. The lowest BCUT2D eigenvalue weighted by Gasteiger charge is -2.25. The topological polar surface area (TPSA) is 45.8 Å². The van der Waals surface area contributed by atoms with Gasteiger partial charge in [-0.2, -0.15) is 0 Å². The first-order valence-electron chi connectivity index (χ1n) is 8.58. The molecule has 0 saturated heterocycles. The van der Waals surface area contributed by atoms with Crippen LogP contribution < -0.4 is 0 Å². The Morgan fingerprint density at radius 1 is 1.29 bits per heavy atom. The highest BCUT2D eigenvalue weighted by molar-refractivity contribution is 7.11. The molecule has 0 aliphatic heterocycles. The molecule has 1 N–H and O–H groups in total. The number of hydrogen-bond acceptors (Lipinski definition) is 5. The van der Waals surface area contributed by atoms with Gasteiger partial charge in [0.2, 0.25) is 0 Å². The second-order valence-corrected chi connectivity index (χ2v) is 8.05. The Labute approximate surface area is 149 Å². The summed E-state index contributed by atoms with van der Waals surface area (Å²) >= 11 is 1.83. The minimum absolute atomic E-state index is 0.322. The molecule has 0 bridgehead atoms. The van der Waals surface area contributed by atoms with Crippen LogP contribution in [-0.4, -0.2) is 35.8 Å². The van der Waals surface area contributed by atoms with E-state index in [1.165, 1.54) is 9.75 Å². The molecule has 0 saturated carbocycles. The van der Waals surface area contributed by atoms with E-state index in [0.29, 0.717) is 25.7 Å². The van der Waals surface area contributed by atoms with Crippen molar-refractivity contribution in [1.29, 1.82) is 0 Å². The first kappa shape index (κ1) is 19.2. The minimum Gasteiger partial charge on any atom is -0.467 e. The summed E-state index contributed by atoms with van der Waals surface area (Å²) in [7, 11) is 0. The van der Waals surface area contributed by atoms with Gasteiger partial charge in [-0.15, -0.1) is 11.3 Å². The normalized spacial score (nSPS) is 13.1. The van der Waals surface area contributed by atoms with Crippen LogP contribution in [0.25, 0.3) is 0 Å². The summed E-state index contributed by atoms with van der Waals surface area (Å²) in [6.07, 6.45) is 2.27. The summed E-state index contributed by atoms with van der Waals surface area (Å²) < 4.78 is 10.8. The summed E-state index contributed by atoms with van der Waals surface area (Å²) in [5.41, 5.74) is 0. The van der Waals surface area contributed by atoms with Crippen LogP contribution in [0.4, 0.5) is 0 Å². The van der Waals surface area contributed by atoms with Gasteiger partial charge in [0.15, 0.2) is 0 Å². The quantitative estimate of drug-likeness (QED) is 0.663. The van der Waals surface area contributed by atoms with E-state index >= 15 is 0 Å². The Kier molecular flexibility index (Phi) is 7.99. The van der Waals surface area contributed by atoms with Crippen molar-refractivity contribution in [3.63, 3.8) is 0 Å². The maximum absolute atomic E-state index is 10.3. The smallest absolute Gasteiger partial charge is 0.129 e. The fourth-order valence-corrected chi connectivity index (χ4v) is 3.44.